The maximum atomic E-state index is 12.3. The van der Waals surface area contributed by atoms with E-state index in [0.717, 1.165) is 37.2 Å². The molecule has 1 aliphatic heterocycles. The van der Waals surface area contributed by atoms with Crippen molar-refractivity contribution in [2.75, 3.05) is 25.1 Å². The summed E-state index contributed by atoms with van der Waals surface area (Å²) in [6, 6.07) is 9.26. The Labute approximate surface area is 141 Å². The highest BCUT2D eigenvalue weighted by molar-refractivity contribution is 5.92. The average Bonchev–Trinajstić information content (AvgIpc) is 2.67. The molecule has 0 unspecified atom stereocenters. The molecule has 0 radical (unpaired) electrons. The molecule has 1 amide bonds. The second-order valence-electron chi connectivity index (χ2n) is 5.82. The zero-order valence-corrected chi connectivity index (χ0v) is 13.9. The number of rotatable bonds is 5. The smallest absolute Gasteiger partial charge is 0.270 e. The molecule has 0 spiro atoms. The largest absolute Gasteiger partial charge is 0.497 e. The Hall–Kier alpha value is -2.63. The topological polar surface area (TPSA) is 67.3 Å². The fourth-order valence-corrected chi connectivity index (χ4v) is 2.74. The van der Waals surface area contributed by atoms with Crippen LogP contribution in [0.5, 0.6) is 5.75 Å². The Balaban J connectivity index is 1.61. The molecular formula is C18H22N4O2. The van der Waals surface area contributed by atoms with Gasteiger partial charge in [0.25, 0.3) is 5.91 Å². The van der Waals surface area contributed by atoms with Crippen LogP contribution in [0.1, 0.15) is 35.3 Å². The summed E-state index contributed by atoms with van der Waals surface area (Å²) in [6.45, 7) is 2.36. The predicted octanol–water partition coefficient (Wildman–Crippen LogP) is 2.41. The molecule has 1 aromatic carbocycles. The number of nitrogens with zero attached hydrogens (tertiary/aromatic N) is 3. The van der Waals surface area contributed by atoms with E-state index in [0.29, 0.717) is 18.2 Å². The number of carbonyl (C=O) groups is 1. The highest BCUT2D eigenvalue weighted by Crippen LogP contribution is 2.15. The highest BCUT2D eigenvalue weighted by Gasteiger charge is 2.15. The minimum atomic E-state index is -0.188. The summed E-state index contributed by atoms with van der Waals surface area (Å²) in [5, 5.41) is 2.89. The average molecular weight is 326 g/mol. The van der Waals surface area contributed by atoms with E-state index in [1.54, 1.807) is 19.4 Å². The molecule has 3 rings (SSSR count). The minimum Gasteiger partial charge on any atom is -0.497 e. The third-order valence-corrected chi connectivity index (χ3v) is 4.13. The number of nitrogens with one attached hydrogen (secondary N) is 1. The molecule has 0 atom stereocenters. The summed E-state index contributed by atoms with van der Waals surface area (Å²) >= 11 is 0. The van der Waals surface area contributed by atoms with Gasteiger partial charge in [0.05, 0.1) is 7.11 Å². The molecule has 1 N–H and O–H groups in total. The predicted molar refractivity (Wildman–Crippen MR) is 92.3 cm³/mol. The molecule has 1 aromatic heterocycles. The normalized spacial score (nSPS) is 14.3. The molecule has 0 saturated carbocycles. The molecule has 126 valence electrons. The van der Waals surface area contributed by atoms with Crippen molar-refractivity contribution in [3.8, 4) is 5.75 Å². The van der Waals surface area contributed by atoms with Gasteiger partial charge in [0.2, 0.25) is 5.95 Å². The van der Waals surface area contributed by atoms with E-state index in [2.05, 4.69) is 20.2 Å². The van der Waals surface area contributed by atoms with Gasteiger partial charge < -0.3 is 15.0 Å². The van der Waals surface area contributed by atoms with Gasteiger partial charge in [-0.05, 0) is 43.0 Å². The standard InChI is InChI=1S/C18H22N4O2/c1-24-15-7-5-14(6-8-15)13-20-17(23)16-9-10-19-18(21-16)22-11-3-2-4-12-22/h5-10H,2-4,11-13H2,1H3,(H,20,23). The van der Waals surface area contributed by atoms with Crippen molar-refractivity contribution >= 4 is 11.9 Å². The van der Waals surface area contributed by atoms with Crippen LogP contribution in [0.2, 0.25) is 0 Å². The van der Waals surface area contributed by atoms with Crippen molar-refractivity contribution in [2.24, 2.45) is 0 Å². The Morgan fingerprint density at radius 2 is 1.92 bits per heavy atom. The van der Waals surface area contributed by atoms with Crippen molar-refractivity contribution in [3.05, 3.63) is 47.8 Å². The first-order valence-corrected chi connectivity index (χ1v) is 8.25. The van der Waals surface area contributed by atoms with Crippen molar-refractivity contribution in [1.82, 2.24) is 15.3 Å². The lowest BCUT2D eigenvalue weighted by molar-refractivity contribution is 0.0946. The van der Waals surface area contributed by atoms with Gasteiger partial charge in [-0.15, -0.1) is 0 Å². The van der Waals surface area contributed by atoms with Crippen LogP contribution in [-0.4, -0.2) is 36.1 Å². The Bertz CT molecular complexity index is 682. The van der Waals surface area contributed by atoms with Gasteiger partial charge in [0, 0.05) is 25.8 Å². The van der Waals surface area contributed by atoms with Crippen molar-refractivity contribution in [3.63, 3.8) is 0 Å². The third-order valence-electron chi connectivity index (χ3n) is 4.13. The van der Waals surface area contributed by atoms with Gasteiger partial charge in [-0.25, -0.2) is 9.97 Å². The summed E-state index contributed by atoms with van der Waals surface area (Å²) in [5.74, 6) is 1.25. The fraction of sp³-hybridized carbons (Fsp3) is 0.389. The van der Waals surface area contributed by atoms with Gasteiger partial charge in [0.15, 0.2) is 0 Å². The van der Waals surface area contributed by atoms with Crippen LogP contribution in [0.3, 0.4) is 0 Å². The molecule has 24 heavy (non-hydrogen) atoms. The molecule has 0 aliphatic carbocycles. The number of hydrogen-bond donors (Lipinski definition) is 1. The number of benzene rings is 1. The highest BCUT2D eigenvalue weighted by atomic mass is 16.5. The van der Waals surface area contributed by atoms with Gasteiger partial charge >= 0.3 is 0 Å². The summed E-state index contributed by atoms with van der Waals surface area (Å²) in [6.07, 6.45) is 5.20. The second kappa shape index (κ2) is 7.77. The van der Waals surface area contributed by atoms with Gasteiger partial charge in [-0.3, -0.25) is 4.79 Å². The summed E-state index contributed by atoms with van der Waals surface area (Å²) in [5.41, 5.74) is 1.41. The minimum absolute atomic E-state index is 0.188. The molecular weight excluding hydrogens is 304 g/mol. The first-order chi connectivity index (χ1) is 11.8. The first kappa shape index (κ1) is 16.2. The van der Waals surface area contributed by atoms with E-state index in [4.69, 9.17) is 4.74 Å². The number of amides is 1. The molecule has 1 aliphatic rings. The summed E-state index contributed by atoms with van der Waals surface area (Å²) in [7, 11) is 1.63. The first-order valence-electron chi connectivity index (χ1n) is 8.25. The summed E-state index contributed by atoms with van der Waals surface area (Å²) in [4.78, 5) is 23.2. The number of aromatic nitrogens is 2. The molecule has 1 fully saturated rings. The van der Waals surface area contributed by atoms with Gasteiger partial charge in [0.1, 0.15) is 11.4 Å². The molecule has 2 heterocycles. The monoisotopic (exact) mass is 326 g/mol. The maximum Gasteiger partial charge on any atom is 0.270 e. The second-order valence-corrected chi connectivity index (χ2v) is 5.82. The number of carbonyl (C=O) groups excluding carboxylic acids is 1. The third kappa shape index (κ3) is 4.01. The van der Waals surface area contributed by atoms with Crippen LogP contribution < -0.4 is 15.0 Å². The van der Waals surface area contributed by atoms with Crippen molar-refractivity contribution < 1.29 is 9.53 Å². The van der Waals surface area contributed by atoms with E-state index in [1.807, 2.05) is 24.3 Å². The van der Waals surface area contributed by atoms with Gasteiger partial charge in [-0.1, -0.05) is 12.1 Å². The Morgan fingerprint density at radius 1 is 1.17 bits per heavy atom. The van der Waals surface area contributed by atoms with Crippen LogP contribution in [-0.2, 0) is 6.54 Å². The van der Waals surface area contributed by atoms with Crippen LogP contribution in [0.15, 0.2) is 36.5 Å². The molecule has 1 saturated heterocycles. The lowest BCUT2D eigenvalue weighted by Crippen LogP contribution is -2.32. The number of ether oxygens (including phenoxy) is 1. The SMILES string of the molecule is COc1ccc(CNC(=O)c2ccnc(N3CCCCC3)n2)cc1. The van der Waals surface area contributed by atoms with E-state index >= 15 is 0 Å². The number of hydrogen-bond acceptors (Lipinski definition) is 5. The van der Waals surface area contributed by atoms with E-state index < -0.39 is 0 Å². The molecule has 6 heteroatoms. The number of methoxy groups -OCH3 is 1. The lowest BCUT2D eigenvalue weighted by atomic mass is 10.1. The maximum absolute atomic E-state index is 12.3. The van der Waals surface area contributed by atoms with E-state index in [1.165, 1.54) is 6.42 Å². The Morgan fingerprint density at radius 3 is 2.62 bits per heavy atom. The molecule has 2 aromatic rings. The van der Waals surface area contributed by atoms with E-state index in [-0.39, 0.29) is 5.91 Å². The van der Waals surface area contributed by atoms with Crippen LogP contribution in [0, 0.1) is 0 Å². The molecule has 6 nitrogen and oxygen atoms in total. The van der Waals surface area contributed by atoms with Crippen molar-refractivity contribution in [2.45, 2.75) is 25.8 Å². The zero-order chi connectivity index (χ0) is 16.8. The number of anilines is 1. The van der Waals surface area contributed by atoms with E-state index in [9.17, 15) is 4.79 Å². The number of piperidine rings is 1. The van der Waals surface area contributed by atoms with Crippen LogP contribution in [0.4, 0.5) is 5.95 Å². The summed E-state index contributed by atoms with van der Waals surface area (Å²) < 4.78 is 5.13. The zero-order valence-electron chi connectivity index (χ0n) is 13.9. The molecule has 0 bridgehead atoms. The van der Waals surface area contributed by atoms with Crippen LogP contribution in [0.25, 0.3) is 0 Å². The fourth-order valence-electron chi connectivity index (χ4n) is 2.74. The lowest BCUT2D eigenvalue weighted by Gasteiger charge is -2.26. The Kier molecular flexibility index (Phi) is 5.25. The quantitative estimate of drug-likeness (QED) is 0.914. The van der Waals surface area contributed by atoms with Crippen molar-refractivity contribution in [1.29, 1.82) is 0 Å². The van der Waals surface area contributed by atoms with Crippen LogP contribution >= 0.6 is 0 Å². The van der Waals surface area contributed by atoms with Gasteiger partial charge in [-0.2, -0.15) is 0 Å².